The molecule has 4 aromatic rings. The first-order valence-electron chi connectivity index (χ1n) is 11.4. The fraction of sp³-hybridized carbons (Fsp3) is 0.417. The molecule has 158 valence electrons. The molecular weight excluding hydrogens is 386 g/mol. The lowest BCUT2D eigenvalue weighted by Gasteiger charge is -2.36. The van der Waals surface area contributed by atoms with Gasteiger partial charge in [-0.2, -0.15) is 5.10 Å². The van der Waals surface area contributed by atoms with Crippen LogP contribution in [0.3, 0.4) is 0 Å². The first kappa shape index (κ1) is 18.5. The third kappa shape index (κ3) is 3.28. The van der Waals surface area contributed by atoms with E-state index in [0.29, 0.717) is 0 Å². The van der Waals surface area contributed by atoms with Crippen LogP contribution in [0.25, 0.3) is 16.6 Å². The van der Waals surface area contributed by atoms with Gasteiger partial charge in [-0.3, -0.25) is 0 Å². The second-order valence-electron chi connectivity index (χ2n) is 8.77. The average Bonchev–Trinajstić information content (AvgIpc) is 3.48. The highest BCUT2D eigenvalue weighted by atomic mass is 15.3. The number of nitrogens with zero attached hydrogens (tertiary/aromatic N) is 7. The van der Waals surface area contributed by atoms with Crippen LogP contribution in [0.15, 0.2) is 42.9 Å². The van der Waals surface area contributed by atoms with Gasteiger partial charge in [0.25, 0.3) is 0 Å². The Morgan fingerprint density at radius 1 is 0.935 bits per heavy atom. The van der Waals surface area contributed by atoms with Crippen molar-refractivity contribution in [3.8, 4) is 0 Å². The maximum atomic E-state index is 4.93. The third-order valence-corrected chi connectivity index (χ3v) is 6.64. The minimum absolute atomic E-state index is 0.198. The number of benzene rings is 1. The van der Waals surface area contributed by atoms with Crippen molar-refractivity contribution in [1.82, 2.24) is 24.6 Å². The molecule has 3 aromatic heterocycles. The summed E-state index contributed by atoms with van der Waals surface area (Å²) >= 11 is 0. The van der Waals surface area contributed by atoms with Crippen molar-refractivity contribution in [1.29, 1.82) is 0 Å². The molecule has 0 radical (unpaired) electrons. The molecule has 0 unspecified atom stereocenters. The summed E-state index contributed by atoms with van der Waals surface area (Å²) in [6, 6.07) is 10.8. The zero-order valence-corrected chi connectivity index (χ0v) is 17.9. The summed E-state index contributed by atoms with van der Waals surface area (Å²) in [4.78, 5) is 18.9. The van der Waals surface area contributed by atoms with Crippen LogP contribution in [0.1, 0.15) is 49.4 Å². The maximum Gasteiger partial charge on any atom is 0.157 e. The molecule has 0 bridgehead atoms. The quantitative estimate of drug-likeness (QED) is 0.499. The number of anilines is 2. The Kier molecular flexibility index (Phi) is 4.47. The Hall–Kier alpha value is -3.22. The molecule has 6 rings (SSSR count). The first-order valence-corrected chi connectivity index (χ1v) is 11.4. The highest BCUT2D eigenvalue weighted by Gasteiger charge is 2.29. The molecule has 0 spiro atoms. The molecule has 0 saturated carbocycles. The van der Waals surface area contributed by atoms with Crippen LogP contribution < -0.4 is 9.80 Å². The number of piperidine rings is 1. The molecule has 7 nitrogen and oxygen atoms in total. The van der Waals surface area contributed by atoms with Crippen LogP contribution in [0, 0.1) is 6.92 Å². The molecule has 31 heavy (non-hydrogen) atoms. The second-order valence-corrected chi connectivity index (χ2v) is 8.77. The lowest BCUT2D eigenvalue weighted by Crippen LogP contribution is -2.34. The Morgan fingerprint density at radius 2 is 1.81 bits per heavy atom. The lowest BCUT2D eigenvalue weighted by molar-refractivity contribution is 0.461. The lowest BCUT2D eigenvalue weighted by atomic mass is 9.98. The molecule has 2 aliphatic rings. The third-order valence-electron chi connectivity index (χ3n) is 6.64. The van der Waals surface area contributed by atoms with E-state index in [-0.39, 0.29) is 6.04 Å². The van der Waals surface area contributed by atoms with Gasteiger partial charge in [0.1, 0.15) is 18.0 Å². The van der Waals surface area contributed by atoms with E-state index in [9.17, 15) is 0 Å². The molecule has 2 saturated heterocycles. The van der Waals surface area contributed by atoms with E-state index in [4.69, 9.17) is 15.1 Å². The summed E-state index contributed by atoms with van der Waals surface area (Å²) in [7, 11) is 0. The molecule has 0 amide bonds. The predicted molar refractivity (Wildman–Crippen MR) is 123 cm³/mol. The maximum absolute atomic E-state index is 4.93. The number of hydrogen-bond donors (Lipinski definition) is 0. The summed E-state index contributed by atoms with van der Waals surface area (Å²) in [6.45, 7) is 5.29. The largest absolute Gasteiger partial charge is 0.357 e. The molecule has 2 fully saturated rings. The number of aryl methyl sites for hydroxylation is 1. The number of aromatic nitrogens is 5. The Balaban J connectivity index is 1.40. The van der Waals surface area contributed by atoms with Gasteiger partial charge in [-0.1, -0.05) is 11.6 Å². The smallest absolute Gasteiger partial charge is 0.157 e. The molecule has 1 atom stereocenters. The van der Waals surface area contributed by atoms with Crippen molar-refractivity contribution in [2.75, 3.05) is 29.4 Å². The monoisotopic (exact) mass is 413 g/mol. The molecular formula is C24H27N7. The van der Waals surface area contributed by atoms with E-state index in [0.717, 1.165) is 59.9 Å². The SMILES string of the molecule is Cc1ccc2ncnc(N3CCCC[C@H]3c3cc4nc(N5CCCC5)ccn4n3)c2c1. The highest BCUT2D eigenvalue weighted by molar-refractivity contribution is 5.90. The summed E-state index contributed by atoms with van der Waals surface area (Å²) in [5, 5.41) is 6.05. The Morgan fingerprint density at radius 3 is 2.71 bits per heavy atom. The average molecular weight is 414 g/mol. The molecule has 0 N–H and O–H groups in total. The fourth-order valence-corrected chi connectivity index (χ4v) is 5.05. The van der Waals surface area contributed by atoms with Crippen LogP contribution in [0.2, 0.25) is 0 Å². The topological polar surface area (TPSA) is 62.5 Å². The van der Waals surface area contributed by atoms with E-state index >= 15 is 0 Å². The van der Waals surface area contributed by atoms with Gasteiger partial charge in [0.2, 0.25) is 0 Å². The molecule has 5 heterocycles. The van der Waals surface area contributed by atoms with E-state index in [1.165, 1.54) is 31.2 Å². The van der Waals surface area contributed by atoms with Gasteiger partial charge in [-0.25, -0.2) is 19.5 Å². The van der Waals surface area contributed by atoms with Crippen molar-refractivity contribution < 1.29 is 0 Å². The number of hydrogen-bond acceptors (Lipinski definition) is 6. The van der Waals surface area contributed by atoms with E-state index < -0.39 is 0 Å². The van der Waals surface area contributed by atoms with Gasteiger partial charge in [0, 0.05) is 37.3 Å². The van der Waals surface area contributed by atoms with Gasteiger partial charge in [-0.05, 0) is 57.2 Å². The summed E-state index contributed by atoms with van der Waals surface area (Å²) < 4.78 is 1.92. The van der Waals surface area contributed by atoms with Crippen molar-refractivity contribution in [3.63, 3.8) is 0 Å². The summed E-state index contributed by atoms with van der Waals surface area (Å²) in [5.41, 5.74) is 4.22. The highest BCUT2D eigenvalue weighted by Crippen LogP contribution is 2.37. The van der Waals surface area contributed by atoms with Gasteiger partial charge >= 0.3 is 0 Å². The minimum atomic E-state index is 0.198. The van der Waals surface area contributed by atoms with Crippen LogP contribution in [0.5, 0.6) is 0 Å². The van der Waals surface area contributed by atoms with E-state index in [1.807, 2.05) is 4.52 Å². The van der Waals surface area contributed by atoms with Gasteiger partial charge in [0.05, 0.1) is 17.3 Å². The number of rotatable bonds is 3. The van der Waals surface area contributed by atoms with Gasteiger partial charge in [0.15, 0.2) is 5.65 Å². The molecule has 7 heteroatoms. The van der Waals surface area contributed by atoms with Gasteiger partial charge < -0.3 is 9.80 Å². The zero-order chi connectivity index (χ0) is 20.8. The molecule has 2 aliphatic heterocycles. The molecule has 1 aromatic carbocycles. The van der Waals surface area contributed by atoms with E-state index in [1.54, 1.807) is 6.33 Å². The van der Waals surface area contributed by atoms with Crippen molar-refractivity contribution in [2.24, 2.45) is 0 Å². The Labute approximate surface area is 181 Å². The summed E-state index contributed by atoms with van der Waals surface area (Å²) in [5.74, 6) is 2.08. The minimum Gasteiger partial charge on any atom is -0.357 e. The van der Waals surface area contributed by atoms with Crippen molar-refractivity contribution >= 4 is 28.2 Å². The van der Waals surface area contributed by atoms with Crippen molar-refractivity contribution in [3.05, 3.63) is 54.1 Å². The summed E-state index contributed by atoms with van der Waals surface area (Å²) in [6.07, 6.45) is 9.67. The normalized spacial score (nSPS) is 19.6. The van der Waals surface area contributed by atoms with E-state index in [2.05, 4.69) is 58.2 Å². The van der Waals surface area contributed by atoms with Gasteiger partial charge in [-0.15, -0.1) is 0 Å². The standard InChI is InChI=1S/C24H27N7/c1-17-7-8-19-18(14-17)24(26-16-25-19)30-12-3-2-6-21(30)20-15-23-27-22(9-13-31(23)28-20)29-10-4-5-11-29/h7-9,13-16,21H,2-6,10-12H2,1H3/t21-/m0/s1. The number of fused-ring (bicyclic) bond motifs is 2. The predicted octanol–water partition coefficient (Wildman–Crippen LogP) is 4.31. The van der Waals surface area contributed by atoms with Crippen LogP contribution in [0.4, 0.5) is 11.6 Å². The van der Waals surface area contributed by atoms with Crippen LogP contribution in [-0.2, 0) is 0 Å². The first-order chi connectivity index (χ1) is 15.3. The Bertz CT molecular complexity index is 1240. The fourth-order valence-electron chi connectivity index (χ4n) is 5.05. The second kappa shape index (κ2) is 7.48. The molecule has 0 aliphatic carbocycles. The van der Waals surface area contributed by atoms with Crippen LogP contribution >= 0.6 is 0 Å². The van der Waals surface area contributed by atoms with Crippen molar-refractivity contribution in [2.45, 2.75) is 45.1 Å². The zero-order valence-electron chi connectivity index (χ0n) is 17.9. The van der Waals surface area contributed by atoms with Crippen LogP contribution in [-0.4, -0.2) is 44.2 Å².